The SMILES string of the molecule is Brc1cc2c(s1)-c1ccccc1CC2. The number of hydrogen-bond donors (Lipinski definition) is 0. The smallest absolute Gasteiger partial charge is 0.0707 e. The second-order valence-electron chi connectivity index (χ2n) is 3.56. The van der Waals surface area contributed by atoms with E-state index in [9.17, 15) is 0 Å². The first-order valence-corrected chi connectivity index (χ1v) is 6.32. The Morgan fingerprint density at radius 3 is 2.79 bits per heavy atom. The number of fused-ring (bicyclic) bond motifs is 3. The predicted molar refractivity (Wildman–Crippen MR) is 64.9 cm³/mol. The molecule has 3 rings (SSSR count). The molecule has 0 amide bonds. The minimum atomic E-state index is 1.19. The van der Waals surface area contributed by atoms with Crippen LogP contribution in [0.2, 0.25) is 0 Å². The minimum Gasteiger partial charge on any atom is -0.128 e. The Kier molecular flexibility index (Phi) is 1.99. The van der Waals surface area contributed by atoms with Crippen LogP contribution >= 0.6 is 27.3 Å². The summed E-state index contributed by atoms with van der Waals surface area (Å²) in [5, 5.41) is 0. The van der Waals surface area contributed by atoms with Crippen LogP contribution in [0.3, 0.4) is 0 Å². The standard InChI is InChI=1S/C12H9BrS/c13-11-7-9-6-5-8-3-1-2-4-10(8)12(9)14-11/h1-4,7H,5-6H2. The van der Waals surface area contributed by atoms with Crippen molar-refractivity contribution in [2.45, 2.75) is 12.8 Å². The molecule has 0 unspecified atom stereocenters. The summed E-state index contributed by atoms with van der Waals surface area (Å²) >= 11 is 5.41. The zero-order chi connectivity index (χ0) is 9.54. The van der Waals surface area contributed by atoms with Gasteiger partial charge in [0.05, 0.1) is 3.79 Å². The average Bonchev–Trinajstić information content (AvgIpc) is 2.59. The highest BCUT2D eigenvalue weighted by molar-refractivity contribution is 9.11. The monoisotopic (exact) mass is 264 g/mol. The van der Waals surface area contributed by atoms with Gasteiger partial charge in [-0.3, -0.25) is 0 Å². The van der Waals surface area contributed by atoms with E-state index < -0.39 is 0 Å². The van der Waals surface area contributed by atoms with Gasteiger partial charge in [-0.05, 0) is 51.5 Å². The molecule has 0 bridgehead atoms. The number of benzene rings is 1. The van der Waals surface area contributed by atoms with Crippen LogP contribution in [0.4, 0.5) is 0 Å². The molecule has 1 aromatic carbocycles. The molecule has 0 radical (unpaired) electrons. The van der Waals surface area contributed by atoms with Crippen LogP contribution in [0, 0.1) is 0 Å². The van der Waals surface area contributed by atoms with Crippen LogP contribution in [0.15, 0.2) is 34.1 Å². The molecule has 0 saturated carbocycles. The normalized spacial score (nSPS) is 13.5. The lowest BCUT2D eigenvalue weighted by atomic mass is 9.92. The third kappa shape index (κ3) is 1.25. The van der Waals surface area contributed by atoms with Crippen molar-refractivity contribution in [2.75, 3.05) is 0 Å². The van der Waals surface area contributed by atoms with Crippen LogP contribution in [-0.2, 0) is 12.8 Å². The summed E-state index contributed by atoms with van der Waals surface area (Å²) in [6, 6.07) is 11.0. The third-order valence-electron chi connectivity index (χ3n) is 2.70. The van der Waals surface area contributed by atoms with Crippen molar-refractivity contribution in [3.63, 3.8) is 0 Å². The van der Waals surface area contributed by atoms with Gasteiger partial charge in [-0.25, -0.2) is 0 Å². The molecule has 1 heterocycles. The van der Waals surface area contributed by atoms with Crippen LogP contribution in [0.25, 0.3) is 10.4 Å². The summed E-state index contributed by atoms with van der Waals surface area (Å²) in [6.45, 7) is 0. The zero-order valence-corrected chi connectivity index (χ0v) is 9.99. The molecular weight excluding hydrogens is 256 g/mol. The quantitative estimate of drug-likeness (QED) is 0.667. The van der Waals surface area contributed by atoms with E-state index >= 15 is 0 Å². The first-order chi connectivity index (χ1) is 6.84. The van der Waals surface area contributed by atoms with E-state index in [0.717, 1.165) is 0 Å². The van der Waals surface area contributed by atoms with E-state index in [1.807, 2.05) is 11.3 Å². The van der Waals surface area contributed by atoms with Gasteiger partial charge in [0.2, 0.25) is 0 Å². The van der Waals surface area contributed by atoms with E-state index in [4.69, 9.17) is 0 Å². The molecule has 0 spiro atoms. The highest BCUT2D eigenvalue weighted by Crippen LogP contribution is 2.41. The van der Waals surface area contributed by atoms with Gasteiger partial charge in [-0.1, -0.05) is 24.3 Å². The van der Waals surface area contributed by atoms with Gasteiger partial charge in [-0.15, -0.1) is 11.3 Å². The van der Waals surface area contributed by atoms with Gasteiger partial charge < -0.3 is 0 Å². The lowest BCUT2D eigenvalue weighted by Gasteiger charge is -2.15. The lowest BCUT2D eigenvalue weighted by Crippen LogP contribution is -1.99. The molecule has 1 aromatic heterocycles. The Labute approximate surface area is 95.7 Å². The molecule has 0 saturated heterocycles. The van der Waals surface area contributed by atoms with E-state index in [1.54, 1.807) is 0 Å². The molecule has 0 fully saturated rings. The summed E-state index contributed by atoms with van der Waals surface area (Å²) in [5.74, 6) is 0. The van der Waals surface area contributed by atoms with E-state index in [0.29, 0.717) is 0 Å². The zero-order valence-electron chi connectivity index (χ0n) is 7.59. The number of aryl methyl sites for hydroxylation is 2. The Hall–Kier alpha value is -0.600. The summed E-state index contributed by atoms with van der Waals surface area (Å²) < 4.78 is 1.25. The molecule has 0 N–H and O–H groups in total. The fraction of sp³-hybridized carbons (Fsp3) is 0.167. The van der Waals surface area contributed by atoms with Crippen LogP contribution < -0.4 is 0 Å². The van der Waals surface area contributed by atoms with E-state index in [-0.39, 0.29) is 0 Å². The molecular formula is C12H9BrS. The van der Waals surface area contributed by atoms with Gasteiger partial charge in [0.15, 0.2) is 0 Å². The molecule has 14 heavy (non-hydrogen) atoms. The molecule has 1 aliphatic carbocycles. The van der Waals surface area contributed by atoms with Crippen LogP contribution in [0.1, 0.15) is 11.1 Å². The van der Waals surface area contributed by atoms with Crippen molar-refractivity contribution in [1.29, 1.82) is 0 Å². The van der Waals surface area contributed by atoms with Crippen molar-refractivity contribution < 1.29 is 0 Å². The Morgan fingerprint density at radius 2 is 1.86 bits per heavy atom. The largest absolute Gasteiger partial charge is 0.128 e. The maximum Gasteiger partial charge on any atom is 0.0707 e. The van der Waals surface area contributed by atoms with Gasteiger partial charge in [0, 0.05) is 4.88 Å². The predicted octanol–water partition coefficient (Wildman–Crippen LogP) is 4.28. The lowest BCUT2D eigenvalue weighted by molar-refractivity contribution is 0.950. The van der Waals surface area contributed by atoms with Crippen LogP contribution in [-0.4, -0.2) is 0 Å². The topological polar surface area (TPSA) is 0 Å². The Bertz CT molecular complexity index is 485. The minimum absolute atomic E-state index is 1.19. The molecule has 2 heteroatoms. The molecule has 2 aromatic rings. The van der Waals surface area contributed by atoms with Gasteiger partial charge in [-0.2, -0.15) is 0 Å². The molecule has 70 valence electrons. The maximum atomic E-state index is 3.56. The maximum absolute atomic E-state index is 3.56. The molecule has 0 atom stereocenters. The van der Waals surface area contributed by atoms with Crippen molar-refractivity contribution in [1.82, 2.24) is 0 Å². The summed E-state index contributed by atoms with van der Waals surface area (Å²) in [4.78, 5) is 1.46. The fourth-order valence-electron chi connectivity index (χ4n) is 2.04. The Morgan fingerprint density at radius 1 is 1.07 bits per heavy atom. The van der Waals surface area contributed by atoms with Crippen molar-refractivity contribution in [3.05, 3.63) is 45.2 Å². The average molecular weight is 265 g/mol. The van der Waals surface area contributed by atoms with E-state index in [1.165, 1.54) is 38.2 Å². The highest BCUT2D eigenvalue weighted by Gasteiger charge is 2.17. The number of thiophene rings is 1. The summed E-state index contributed by atoms with van der Waals surface area (Å²) in [6.07, 6.45) is 2.38. The van der Waals surface area contributed by atoms with E-state index in [2.05, 4.69) is 46.3 Å². The van der Waals surface area contributed by atoms with Crippen LogP contribution in [0.5, 0.6) is 0 Å². The third-order valence-corrected chi connectivity index (χ3v) is 4.42. The second-order valence-corrected chi connectivity index (χ2v) is 5.99. The molecule has 1 aliphatic rings. The number of halogens is 1. The van der Waals surface area contributed by atoms with Gasteiger partial charge >= 0.3 is 0 Å². The number of rotatable bonds is 0. The second kappa shape index (κ2) is 3.21. The highest BCUT2D eigenvalue weighted by atomic mass is 79.9. The van der Waals surface area contributed by atoms with Gasteiger partial charge in [0.25, 0.3) is 0 Å². The fourth-order valence-corrected chi connectivity index (χ4v) is 3.80. The first-order valence-electron chi connectivity index (χ1n) is 4.71. The molecule has 0 nitrogen and oxygen atoms in total. The first kappa shape index (κ1) is 8.69. The summed E-state index contributed by atoms with van der Waals surface area (Å²) in [5.41, 5.74) is 4.43. The Balaban J connectivity index is 2.28. The molecule has 0 aliphatic heterocycles. The number of hydrogen-bond acceptors (Lipinski definition) is 1. The van der Waals surface area contributed by atoms with Gasteiger partial charge in [0.1, 0.15) is 0 Å². The van der Waals surface area contributed by atoms with Crippen molar-refractivity contribution in [3.8, 4) is 10.4 Å². The van der Waals surface area contributed by atoms with Crippen molar-refractivity contribution in [2.24, 2.45) is 0 Å². The summed E-state index contributed by atoms with van der Waals surface area (Å²) in [7, 11) is 0. The van der Waals surface area contributed by atoms with Crippen molar-refractivity contribution >= 4 is 27.3 Å².